The summed E-state index contributed by atoms with van der Waals surface area (Å²) in [6.45, 7) is 23.3. The van der Waals surface area contributed by atoms with Gasteiger partial charge in [0.15, 0.2) is 0 Å². The van der Waals surface area contributed by atoms with E-state index in [1.165, 1.54) is 109 Å². The van der Waals surface area contributed by atoms with Gasteiger partial charge in [-0.2, -0.15) is 16.5 Å². The molecule has 0 unspecified atom stereocenters. The molecule has 26 heteroatoms. The van der Waals surface area contributed by atoms with E-state index in [9.17, 15) is 0 Å². The van der Waals surface area contributed by atoms with Gasteiger partial charge in [0.2, 0.25) is 0 Å². The molecule has 0 amide bonds. The first-order valence-electron chi connectivity index (χ1n) is 11.9. The van der Waals surface area contributed by atoms with Crippen LogP contribution >= 0.6 is 0 Å². The van der Waals surface area contributed by atoms with Crippen LogP contribution in [-0.4, -0.2) is 0 Å². The van der Waals surface area contributed by atoms with E-state index in [1.807, 2.05) is 0 Å². The van der Waals surface area contributed by atoms with Gasteiger partial charge in [0.05, 0.1) is 0 Å². The van der Waals surface area contributed by atoms with Crippen molar-refractivity contribution < 1.29 is 850 Å². The summed E-state index contributed by atoms with van der Waals surface area (Å²) < 4.78 is 0. The maximum atomic E-state index is 2.38. The summed E-state index contributed by atoms with van der Waals surface area (Å²) in [7, 11) is 0. The second-order valence-corrected chi connectivity index (χ2v) is 10.4. The van der Waals surface area contributed by atoms with Crippen molar-refractivity contribution >= 4 is 53.9 Å². The van der Waals surface area contributed by atoms with Crippen LogP contribution in [-0.2, 0) is 850 Å². The van der Waals surface area contributed by atoms with Crippen molar-refractivity contribution in [1.29, 1.82) is 0 Å². The van der Waals surface area contributed by atoms with Gasteiger partial charge in [-0.25, -0.2) is 22.9 Å². The van der Waals surface area contributed by atoms with Crippen LogP contribution in [0, 0.1) is 69.2 Å². The number of hydrogen-bond donors (Lipinski definition) is 0. The normalized spacial score (nSPS) is 7.00. The molecule has 0 nitrogen and oxygen atoms in total. The minimum atomic E-state index is 0. The van der Waals surface area contributed by atoms with Crippen LogP contribution in [0.25, 0.3) is 53.9 Å². The van der Waals surface area contributed by atoms with E-state index in [0.29, 0.717) is 0 Å². The molecule has 0 aromatic heterocycles. The quantitative estimate of drug-likeness (QED) is 0.133. The first-order valence-corrected chi connectivity index (χ1v) is 11.9. The Morgan fingerprint density at radius 3 is 0.534 bits per heavy atom. The van der Waals surface area contributed by atoms with Gasteiger partial charge >= 0.3 is 0 Å². The monoisotopic (exact) mass is 2730 g/mol. The summed E-state index contributed by atoms with van der Waals surface area (Å²) in [5.74, 6) is 0. The second kappa shape index (κ2) is 71.9. The Morgan fingerprint density at radius 2 is 0.328 bits per heavy atom. The summed E-state index contributed by atoms with van der Waals surface area (Å²) in [5, 5.41) is 14.8. The van der Waals surface area contributed by atoms with Gasteiger partial charge in [-0.1, -0.05) is 30.4 Å². The van der Waals surface area contributed by atoms with E-state index in [1.54, 1.807) is 0 Å². The van der Waals surface area contributed by atoms with Gasteiger partial charge in [0.1, 0.15) is 0 Å². The maximum Gasteiger partial charge on any atom is 0 e. The molecule has 0 fully saturated rings. The second-order valence-electron chi connectivity index (χ2n) is 10.4. The minimum Gasteiger partial charge on any atom is -0.227 e. The first-order chi connectivity index (χ1) is 15.1. The Morgan fingerprint density at radius 1 is 0.155 bits per heavy atom. The molecule has 240 valence electrons. The average molecular weight is 2730 g/mol. The zero-order valence-corrected chi connectivity index (χ0v) is 110. The Labute approximate surface area is 1010 Å². The van der Waals surface area contributed by atoms with Gasteiger partial charge in [-0.3, -0.25) is 0 Å². The van der Waals surface area contributed by atoms with Crippen LogP contribution in [0.5, 0.6) is 0 Å². The topological polar surface area (TPSA) is 0 Å². The van der Waals surface area contributed by atoms with Gasteiger partial charge in [-0.05, 0) is 121 Å². The van der Waals surface area contributed by atoms with Gasteiger partial charge < -0.3 is 0 Å². The summed E-state index contributed by atoms with van der Waals surface area (Å²) in [4.78, 5) is 0. The Bertz CT molecular complexity index is 1720. The zero-order valence-electron chi connectivity index (χ0n) is 36.2. The molecule has 0 aliphatic heterocycles. The molecule has 0 N–H and O–H groups in total. The standard InChI is InChI=1S/C32H32.26Y/c1-13-14(2)18(6)26-22(10)30-28-20(8)16(4)24-12-11-23-15(3)19(7)27(32(28)31(23)24)29(30)21(9)25(26)17(13)5;;;;;;;;;;;;;;;;;;;;;;;;;;/h11-12H,1-10H3;;;;;;;;;;;;;;;;;;;;;;;;;;/q-2;;;;;;;;;;;;;;;;;;;;;;;;;;. The molecular formula is C32H32Y26-2. The molecule has 0 bridgehead atoms. The molecule has 6 aromatic rings. The third-order valence-electron chi connectivity index (χ3n) is 9.33. The van der Waals surface area contributed by atoms with Crippen molar-refractivity contribution in [3.8, 4) is 0 Å². The van der Waals surface area contributed by atoms with Gasteiger partial charge in [0, 0.05) is 850 Å². The van der Waals surface area contributed by atoms with E-state index in [2.05, 4.69) is 81.4 Å². The number of benzene rings is 4. The van der Waals surface area contributed by atoms with Crippen LogP contribution < -0.4 is 0 Å². The molecule has 0 aliphatic carbocycles. The van der Waals surface area contributed by atoms with E-state index < -0.39 is 0 Å². The van der Waals surface area contributed by atoms with Gasteiger partial charge in [-0.15, -0.1) is 0 Å². The van der Waals surface area contributed by atoms with Crippen LogP contribution in [0.1, 0.15) is 55.6 Å². The Balaban J connectivity index is -0.0000000277. The summed E-state index contributed by atoms with van der Waals surface area (Å²) in [6.07, 6.45) is 0. The summed E-state index contributed by atoms with van der Waals surface area (Å²) in [6, 6.07) is 4.71. The van der Waals surface area contributed by atoms with E-state index in [4.69, 9.17) is 0 Å². The molecule has 58 heavy (non-hydrogen) atoms. The third-order valence-corrected chi connectivity index (χ3v) is 9.33. The van der Waals surface area contributed by atoms with Crippen molar-refractivity contribution in [2.75, 3.05) is 0 Å². The van der Waals surface area contributed by atoms with Crippen LogP contribution in [0.15, 0.2) is 12.1 Å². The predicted molar refractivity (Wildman–Crippen MR) is 144 cm³/mol. The van der Waals surface area contributed by atoms with E-state index >= 15 is 0 Å². The van der Waals surface area contributed by atoms with Crippen molar-refractivity contribution in [3.05, 3.63) is 67.8 Å². The molecule has 0 aliphatic rings. The fraction of sp³-hybridized carbons (Fsp3) is 0.312. The van der Waals surface area contributed by atoms with Crippen molar-refractivity contribution in [3.63, 3.8) is 0 Å². The first kappa shape index (κ1) is 146. The SMILES string of the molecule is Cc1c(C)c(C)c2c(C)c3c(c(C)c2c1C)c1c(C)c(C)c2[cH-][cH-]c4c(C)c(C)c3c1c24.[Y].[Y].[Y].[Y].[Y].[Y].[Y].[Y].[Y].[Y].[Y].[Y].[Y].[Y].[Y].[Y].[Y].[Y].[Y].[Y].[Y].[Y].[Y].[Y].[Y].[Y]. The summed E-state index contributed by atoms with van der Waals surface area (Å²) >= 11 is 0. The number of aryl methyl sites for hydroxylation is 8. The number of rotatable bonds is 0. The predicted octanol–water partition coefficient (Wildman–Crippen LogP) is 9.35. The molecule has 0 atom stereocenters. The van der Waals surface area contributed by atoms with Crippen LogP contribution in [0.3, 0.4) is 0 Å². The fourth-order valence-corrected chi connectivity index (χ4v) is 7.03. The molecule has 0 heterocycles. The van der Waals surface area contributed by atoms with Crippen molar-refractivity contribution in [2.24, 2.45) is 0 Å². The molecule has 26 radical (unpaired) electrons. The number of fused-ring (bicyclic) bond motifs is 4. The van der Waals surface area contributed by atoms with Crippen LogP contribution in [0.4, 0.5) is 0 Å². The number of hydrogen-bond acceptors (Lipinski definition) is 0. The van der Waals surface area contributed by atoms with Crippen LogP contribution in [0.2, 0.25) is 0 Å². The summed E-state index contributed by atoms with van der Waals surface area (Å²) in [5.41, 5.74) is 14.5. The third kappa shape index (κ3) is 33.2. The fourth-order valence-electron chi connectivity index (χ4n) is 7.03. The molecule has 6 rings (SSSR count). The molecule has 0 spiro atoms. The molecule has 0 saturated heterocycles. The van der Waals surface area contributed by atoms with E-state index in [-0.39, 0.29) is 850 Å². The largest absolute Gasteiger partial charge is 0.227 e. The smallest absolute Gasteiger partial charge is 0 e. The maximum absolute atomic E-state index is 2.38. The Hall–Kier alpha value is 25.8. The minimum absolute atomic E-state index is 0. The molecule has 6 aromatic carbocycles. The average Bonchev–Trinajstić information content (AvgIpc) is 3.35. The van der Waals surface area contributed by atoms with Crippen molar-refractivity contribution in [1.82, 2.24) is 0 Å². The molecular weight excluding hydrogens is 2700 g/mol. The Kier molecular flexibility index (Phi) is 181. The zero-order chi connectivity index (χ0) is 23.0. The van der Waals surface area contributed by atoms with Crippen molar-refractivity contribution in [2.45, 2.75) is 69.2 Å². The van der Waals surface area contributed by atoms with E-state index in [0.717, 1.165) is 0 Å². The molecule has 0 saturated carbocycles. The van der Waals surface area contributed by atoms with Gasteiger partial charge in [0.25, 0.3) is 0 Å².